The first kappa shape index (κ1) is 22.1. The summed E-state index contributed by atoms with van der Waals surface area (Å²) >= 11 is 0. The third-order valence-corrected chi connectivity index (χ3v) is 6.07. The van der Waals surface area contributed by atoms with Gasteiger partial charge < -0.3 is 14.8 Å². The van der Waals surface area contributed by atoms with E-state index in [0.717, 1.165) is 12.0 Å². The second kappa shape index (κ2) is 9.02. The molecular formula is C19H24FN5O4S. The maximum atomic E-state index is 14.3. The van der Waals surface area contributed by atoms with Gasteiger partial charge in [-0.05, 0) is 19.2 Å². The molecule has 2 heterocycles. The topological polar surface area (TPSA) is 107 Å². The van der Waals surface area contributed by atoms with E-state index in [1.807, 2.05) is 4.90 Å². The molecule has 2 saturated heterocycles. The minimum absolute atomic E-state index is 0.223. The molecule has 2 fully saturated rings. The molecule has 162 valence electrons. The number of allylic oxidation sites excluding steroid dienone is 1. The Balaban J connectivity index is 1.56. The van der Waals surface area contributed by atoms with Gasteiger partial charge in [0.2, 0.25) is 16.0 Å². The number of rotatable bonds is 6. The van der Waals surface area contributed by atoms with Gasteiger partial charge in [-0.3, -0.25) is 0 Å². The molecule has 0 amide bonds. The number of nitrogens with zero attached hydrogens (tertiary/aromatic N) is 5. The van der Waals surface area contributed by atoms with Gasteiger partial charge in [-0.2, -0.15) is 4.31 Å². The molecule has 1 aromatic carbocycles. The number of hydrogen-bond donors (Lipinski definition) is 1. The van der Waals surface area contributed by atoms with Crippen molar-refractivity contribution in [3.63, 3.8) is 0 Å². The van der Waals surface area contributed by atoms with Crippen LogP contribution in [-0.4, -0.2) is 79.7 Å². The SMILES string of the molecule is C=NC(=N/C=C(\C)c1cccc(CO)c1F)N1CC(=NOC2CN(S(C)(=O)=O)C2)C1. The van der Waals surface area contributed by atoms with E-state index in [9.17, 15) is 17.9 Å². The molecule has 11 heteroatoms. The first-order valence-corrected chi connectivity index (χ1v) is 11.1. The highest BCUT2D eigenvalue weighted by molar-refractivity contribution is 7.88. The van der Waals surface area contributed by atoms with E-state index in [1.54, 1.807) is 19.1 Å². The largest absolute Gasteiger partial charge is 0.392 e. The van der Waals surface area contributed by atoms with Gasteiger partial charge in [0.25, 0.3) is 0 Å². The van der Waals surface area contributed by atoms with E-state index in [0.29, 0.717) is 43.3 Å². The van der Waals surface area contributed by atoms with Crippen molar-refractivity contribution in [2.75, 3.05) is 32.4 Å². The van der Waals surface area contributed by atoms with Crippen molar-refractivity contribution in [1.82, 2.24) is 9.21 Å². The number of guanidine groups is 1. The Bertz CT molecular complexity index is 1010. The first-order valence-electron chi connectivity index (χ1n) is 9.24. The van der Waals surface area contributed by atoms with Gasteiger partial charge in [0, 0.05) is 17.3 Å². The molecule has 2 aliphatic heterocycles. The summed E-state index contributed by atoms with van der Waals surface area (Å²) in [5.41, 5.74) is 1.95. The molecule has 0 atom stereocenters. The molecule has 1 N–H and O–H groups in total. The maximum absolute atomic E-state index is 14.3. The van der Waals surface area contributed by atoms with Crippen molar-refractivity contribution in [2.24, 2.45) is 15.1 Å². The number of oxime groups is 1. The first-order chi connectivity index (χ1) is 14.2. The highest BCUT2D eigenvalue weighted by atomic mass is 32.2. The van der Waals surface area contributed by atoms with Crippen LogP contribution in [0.2, 0.25) is 0 Å². The van der Waals surface area contributed by atoms with Crippen LogP contribution in [-0.2, 0) is 21.5 Å². The van der Waals surface area contributed by atoms with Crippen molar-refractivity contribution >= 4 is 34.0 Å². The summed E-state index contributed by atoms with van der Waals surface area (Å²) in [5, 5.41) is 13.3. The van der Waals surface area contributed by atoms with Gasteiger partial charge in [-0.15, -0.1) is 0 Å². The van der Waals surface area contributed by atoms with Crippen LogP contribution in [0.1, 0.15) is 18.1 Å². The number of likely N-dealkylation sites (tertiary alicyclic amines) is 1. The number of benzene rings is 1. The van der Waals surface area contributed by atoms with E-state index >= 15 is 0 Å². The predicted molar refractivity (Wildman–Crippen MR) is 113 cm³/mol. The molecule has 9 nitrogen and oxygen atoms in total. The number of hydrogen-bond acceptors (Lipinski definition) is 6. The van der Waals surface area contributed by atoms with Crippen molar-refractivity contribution in [2.45, 2.75) is 19.6 Å². The van der Waals surface area contributed by atoms with Crippen LogP contribution in [0.15, 0.2) is 39.5 Å². The zero-order chi connectivity index (χ0) is 21.9. The Hall–Kier alpha value is -2.63. The van der Waals surface area contributed by atoms with Gasteiger partial charge in [-0.25, -0.2) is 22.8 Å². The van der Waals surface area contributed by atoms with Crippen molar-refractivity contribution in [1.29, 1.82) is 0 Å². The zero-order valence-electron chi connectivity index (χ0n) is 16.8. The highest BCUT2D eigenvalue weighted by Crippen LogP contribution is 2.21. The van der Waals surface area contributed by atoms with Crippen LogP contribution in [0, 0.1) is 5.82 Å². The summed E-state index contributed by atoms with van der Waals surface area (Å²) in [5.74, 6) is -0.100. The molecule has 0 aromatic heterocycles. The van der Waals surface area contributed by atoms with Gasteiger partial charge in [-0.1, -0.05) is 23.4 Å². The van der Waals surface area contributed by atoms with E-state index < -0.39 is 15.8 Å². The Morgan fingerprint density at radius 1 is 1.40 bits per heavy atom. The van der Waals surface area contributed by atoms with Crippen molar-refractivity contribution < 1.29 is 22.8 Å². The van der Waals surface area contributed by atoms with E-state index in [-0.39, 0.29) is 18.3 Å². The fourth-order valence-electron chi connectivity index (χ4n) is 2.93. The fourth-order valence-corrected chi connectivity index (χ4v) is 3.81. The van der Waals surface area contributed by atoms with E-state index in [1.165, 1.54) is 16.6 Å². The summed E-state index contributed by atoms with van der Waals surface area (Å²) in [6, 6.07) is 4.82. The number of halogens is 1. The molecule has 1 aromatic rings. The Labute approximate surface area is 174 Å². The van der Waals surface area contributed by atoms with E-state index in [2.05, 4.69) is 21.9 Å². The molecule has 0 unspecified atom stereocenters. The van der Waals surface area contributed by atoms with Crippen molar-refractivity contribution in [3.05, 3.63) is 41.3 Å². The summed E-state index contributed by atoms with van der Waals surface area (Å²) in [6.45, 7) is 6.39. The average Bonchev–Trinajstić information content (AvgIpc) is 2.62. The lowest BCUT2D eigenvalue weighted by Gasteiger charge is -2.36. The van der Waals surface area contributed by atoms with Crippen LogP contribution in [0.25, 0.3) is 5.57 Å². The lowest BCUT2D eigenvalue weighted by atomic mass is 10.0. The quantitative estimate of drug-likeness (QED) is 0.407. The molecule has 0 bridgehead atoms. The zero-order valence-corrected chi connectivity index (χ0v) is 17.6. The Morgan fingerprint density at radius 2 is 2.10 bits per heavy atom. The van der Waals surface area contributed by atoms with E-state index in [4.69, 9.17) is 4.84 Å². The lowest BCUT2D eigenvalue weighted by molar-refractivity contribution is -0.0182. The molecule has 2 aliphatic rings. The predicted octanol–water partition coefficient (Wildman–Crippen LogP) is 1.07. The molecule has 3 rings (SSSR count). The van der Waals surface area contributed by atoms with Gasteiger partial charge in [0.05, 0.1) is 44.8 Å². The average molecular weight is 437 g/mol. The second-order valence-electron chi connectivity index (χ2n) is 7.16. The standard InChI is InChI=1S/C19H24FN5O4S/c1-13(17-6-4-5-14(12-26)18(17)20)7-22-19(21-2)24-8-15(9-24)23-29-16-10-25(11-16)30(3,27)28/h4-7,16,26H,2,8-12H2,1,3H3/b13-7+,22-19?. The van der Waals surface area contributed by atoms with Crippen LogP contribution < -0.4 is 0 Å². The van der Waals surface area contributed by atoms with Gasteiger partial charge >= 0.3 is 0 Å². The summed E-state index contributed by atoms with van der Waals surface area (Å²) in [4.78, 5) is 15.4. The van der Waals surface area contributed by atoms with Crippen LogP contribution in [0.4, 0.5) is 4.39 Å². The number of aliphatic imine (C=N–C) groups is 2. The van der Waals surface area contributed by atoms with Crippen LogP contribution in [0.3, 0.4) is 0 Å². The summed E-state index contributed by atoms with van der Waals surface area (Å²) in [6.07, 6.45) is 2.43. The minimum atomic E-state index is -3.17. The maximum Gasteiger partial charge on any atom is 0.225 e. The summed E-state index contributed by atoms with van der Waals surface area (Å²) in [7, 11) is -3.17. The third kappa shape index (κ3) is 4.91. The number of aliphatic hydroxyl groups excluding tert-OH is 1. The summed E-state index contributed by atoms with van der Waals surface area (Å²) < 4.78 is 38.3. The molecular weight excluding hydrogens is 413 g/mol. The monoisotopic (exact) mass is 437 g/mol. The van der Waals surface area contributed by atoms with Crippen molar-refractivity contribution in [3.8, 4) is 0 Å². The lowest BCUT2D eigenvalue weighted by Crippen LogP contribution is -2.54. The van der Waals surface area contributed by atoms with Gasteiger partial charge in [0.15, 0.2) is 6.10 Å². The smallest absolute Gasteiger partial charge is 0.225 e. The normalized spacial score (nSPS) is 18.7. The molecule has 30 heavy (non-hydrogen) atoms. The Morgan fingerprint density at radius 3 is 2.70 bits per heavy atom. The number of sulfonamides is 1. The van der Waals surface area contributed by atoms with Gasteiger partial charge in [0.1, 0.15) is 5.82 Å². The second-order valence-corrected chi connectivity index (χ2v) is 9.14. The molecule has 0 aliphatic carbocycles. The fraction of sp³-hybridized carbons (Fsp3) is 0.421. The highest BCUT2D eigenvalue weighted by Gasteiger charge is 2.35. The molecule has 0 radical (unpaired) electrons. The third-order valence-electron chi connectivity index (χ3n) is 4.83. The molecule has 0 spiro atoms. The minimum Gasteiger partial charge on any atom is -0.392 e. The van der Waals surface area contributed by atoms with Crippen LogP contribution in [0.5, 0.6) is 0 Å². The number of aliphatic hydroxyl groups is 1. The Kier molecular flexibility index (Phi) is 6.64. The van der Waals surface area contributed by atoms with Crippen LogP contribution >= 0.6 is 0 Å². The molecule has 0 saturated carbocycles.